The number of hydrogen-bond acceptors (Lipinski definition) is 6. The lowest BCUT2D eigenvalue weighted by Gasteiger charge is -2.21. The van der Waals surface area contributed by atoms with Gasteiger partial charge in [0.05, 0.1) is 19.8 Å². The van der Waals surface area contributed by atoms with Gasteiger partial charge in [0.15, 0.2) is 0 Å². The second-order valence-corrected chi connectivity index (χ2v) is 14.8. The van der Waals surface area contributed by atoms with Crippen LogP contribution in [-0.2, 0) is 19.1 Å². The summed E-state index contributed by atoms with van der Waals surface area (Å²) in [7, 11) is 0. The van der Waals surface area contributed by atoms with Crippen LogP contribution >= 0.6 is 0 Å². The molecule has 0 saturated carbocycles. The van der Waals surface area contributed by atoms with E-state index < -0.39 is 0 Å². The molecular weight excluding hydrogens is 622 g/mol. The Labute approximate surface area is 311 Å². The van der Waals surface area contributed by atoms with E-state index in [0.717, 1.165) is 83.7 Å². The number of carbonyl (C=O) groups excluding carboxylic acids is 2. The average Bonchev–Trinajstić information content (AvgIpc) is 3.11. The van der Waals surface area contributed by atoms with Gasteiger partial charge in [0.2, 0.25) is 0 Å². The van der Waals surface area contributed by atoms with Crippen molar-refractivity contribution in [3.63, 3.8) is 0 Å². The molecule has 50 heavy (non-hydrogen) atoms. The topological polar surface area (TPSA) is 76.1 Å². The van der Waals surface area contributed by atoms with E-state index in [0.29, 0.717) is 26.2 Å². The predicted octanol–water partition coefficient (Wildman–Crippen LogP) is 12.4. The Morgan fingerprint density at radius 3 is 1.32 bits per heavy atom. The maximum Gasteiger partial charge on any atom is 0.330 e. The van der Waals surface area contributed by atoms with Crippen LogP contribution in [0.1, 0.15) is 220 Å². The molecule has 0 rings (SSSR count). The van der Waals surface area contributed by atoms with Gasteiger partial charge in [0, 0.05) is 19.0 Å². The van der Waals surface area contributed by atoms with Crippen LogP contribution in [0, 0.1) is 0 Å². The molecule has 0 bridgehead atoms. The standard InChI is InChI=1S/C44H85NO5/c1-4-7-10-13-16-17-18-21-27-34-43(47)49-39-31-24-29-36-45(37-38-46)35-28-22-23-30-40-50-44(48)41-42(32-25-19-14-11-8-5-2)33-26-20-15-12-9-6-3/h41,46H,4-40H2,1-3H3. The van der Waals surface area contributed by atoms with Crippen LogP contribution < -0.4 is 0 Å². The molecule has 0 fully saturated rings. The molecule has 1 N–H and O–H groups in total. The zero-order valence-electron chi connectivity index (χ0n) is 33.8. The van der Waals surface area contributed by atoms with Crippen molar-refractivity contribution in [3.05, 3.63) is 11.6 Å². The van der Waals surface area contributed by atoms with Crippen molar-refractivity contribution in [1.82, 2.24) is 4.90 Å². The molecule has 0 unspecified atom stereocenters. The number of aliphatic hydroxyl groups excluding tert-OH is 1. The summed E-state index contributed by atoms with van der Waals surface area (Å²) in [4.78, 5) is 27.0. The zero-order valence-corrected chi connectivity index (χ0v) is 33.8. The van der Waals surface area contributed by atoms with Gasteiger partial charge in [-0.3, -0.25) is 4.79 Å². The van der Waals surface area contributed by atoms with E-state index in [2.05, 4.69) is 25.7 Å². The summed E-state index contributed by atoms with van der Waals surface area (Å²) in [6, 6.07) is 0. The number of ether oxygens (including phenoxy) is 2. The largest absolute Gasteiger partial charge is 0.466 e. The van der Waals surface area contributed by atoms with Gasteiger partial charge in [-0.25, -0.2) is 4.79 Å². The lowest BCUT2D eigenvalue weighted by atomic mass is 9.99. The first-order valence-corrected chi connectivity index (χ1v) is 21.9. The van der Waals surface area contributed by atoms with Crippen molar-refractivity contribution in [2.75, 3.05) is 39.5 Å². The third kappa shape index (κ3) is 36.4. The van der Waals surface area contributed by atoms with Crippen molar-refractivity contribution in [3.8, 4) is 0 Å². The normalized spacial score (nSPS) is 11.3. The van der Waals surface area contributed by atoms with E-state index in [9.17, 15) is 14.7 Å². The molecule has 0 aliphatic rings. The molecular formula is C44H85NO5. The molecule has 0 aromatic heterocycles. The lowest BCUT2D eigenvalue weighted by molar-refractivity contribution is -0.144. The van der Waals surface area contributed by atoms with Crippen LogP contribution in [0.4, 0.5) is 0 Å². The van der Waals surface area contributed by atoms with Crippen LogP contribution in [0.2, 0.25) is 0 Å². The molecule has 0 amide bonds. The van der Waals surface area contributed by atoms with Crippen LogP contribution in [0.25, 0.3) is 0 Å². The van der Waals surface area contributed by atoms with Gasteiger partial charge in [-0.15, -0.1) is 0 Å². The van der Waals surface area contributed by atoms with Crippen molar-refractivity contribution in [2.24, 2.45) is 0 Å². The number of esters is 2. The van der Waals surface area contributed by atoms with Crippen molar-refractivity contribution < 1.29 is 24.2 Å². The fraction of sp³-hybridized carbons (Fsp3) is 0.909. The second kappa shape index (κ2) is 40.4. The second-order valence-electron chi connectivity index (χ2n) is 14.8. The van der Waals surface area contributed by atoms with E-state index in [1.165, 1.54) is 128 Å². The Morgan fingerprint density at radius 1 is 0.460 bits per heavy atom. The third-order valence-corrected chi connectivity index (χ3v) is 9.92. The summed E-state index contributed by atoms with van der Waals surface area (Å²) in [5.41, 5.74) is 1.29. The minimum atomic E-state index is -0.153. The first-order chi connectivity index (χ1) is 24.6. The molecule has 6 heteroatoms. The highest BCUT2D eigenvalue weighted by molar-refractivity contribution is 5.82. The fourth-order valence-electron chi connectivity index (χ4n) is 6.64. The number of unbranched alkanes of at least 4 members (excludes halogenated alkanes) is 23. The monoisotopic (exact) mass is 708 g/mol. The fourth-order valence-corrected chi connectivity index (χ4v) is 6.64. The van der Waals surface area contributed by atoms with Crippen LogP contribution in [-0.4, -0.2) is 61.4 Å². The first kappa shape index (κ1) is 48.6. The summed E-state index contributed by atoms with van der Waals surface area (Å²) in [6.07, 6.45) is 38.2. The molecule has 0 radical (unpaired) electrons. The van der Waals surface area contributed by atoms with E-state index in [1.54, 1.807) is 0 Å². The molecule has 0 aromatic carbocycles. The van der Waals surface area contributed by atoms with Gasteiger partial charge in [0.1, 0.15) is 0 Å². The molecule has 0 atom stereocenters. The molecule has 296 valence electrons. The SMILES string of the molecule is CCCCCCCCCCCC(=O)OCCCCCN(CCO)CCCCCCOC(=O)C=C(CCCCCCCC)CCCCCCCC. The maximum absolute atomic E-state index is 12.6. The van der Waals surface area contributed by atoms with Crippen molar-refractivity contribution in [2.45, 2.75) is 220 Å². The minimum Gasteiger partial charge on any atom is -0.466 e. The molecule has 0 saturated heterocycles. The van der Waals surface area contributed by atoms with Gasteiger partial charge in [-0.2, -0.15) is 0 Å². The molecule has 0 aliphatic carbocycles. The predicted molar refractivity (Wildman–Crippen MR) is 214 cm³/mol. The Kier molecular flexibility index (Phi) is 39.2. The van der Waals surface area contributed by atoms with E-state index in [-0.39, 0.29) is 18.5 Å². The molecule has 0 heterocycles. The van der Waals surface area contributed by atoms with Crippen molar-refractivity contribution in [1.29, 1.82) is 0 Å². The number of nitrogens with zero attached hydrogens (tertiary/aromatic N) is 1. The van der Waals surface area contributed by atoms with Gasteiger partial charge < -0.3 is 19.5 Å². The molecule has 0 aromatic rings. The van der Waals surface area contributed by atoms with Crippen LogP contribution in [0.15, 0.2) is 11.6 Å². The number of carbonyl (C=O) groups is 2. The Morgan fingerprint density at radius 2 is 0.840 bits per heavy atom. The summed E-state index contributed by atoms with van der Waals surface area (Å²) in [5.74, 6) is -0.197. The van der Waals surface area contributed by atoms with Gasteiger partial charge >= 0.3 is 11.9 Å². The number of aliphatic hydroxyl groups is 1. The first-order valence-electron chi connectivity index (χ1n) is 21.9. The molecule has 6 nitrogen and oxygen atoms in total. The van der Waals surface area contributed by atoms with E-state index in [4.69, 9.17) is 9.47 Å². The minimum absolute atomic E-state index is 0.0437. The van der Waals surface area contributed by atoms with Crippen LogP contribution in [0.5, 0.6) is 0 Å². The summed E-state index contributed by atoms with van der Waals surface area (Å²) in [6.45, 7) is 10.6. The van der Waals surface area contributed by atoms with Crippen LogP contribution in [0.3, 0.4) is 0 Å². The summed E-state index contributed by atoms with van der Waals surface area (Å²) >= 11 is 0. The summed E-state index contributed by atoms with van der Waals surface area (Å²) < 4.78 is 11.1. The Hall–Kier alpha value is -1.40. The number of hydrogen-bond donors (Lipinski definition) is 1. The van der Waals surface area contributed by atoms with Gasteiger partial charge in [0.25, 0.3) is 0 Å². The smallest absolute Gasteiger partial charge is 0.330 e. The number of allylic oxidation sites excluding steroid dienone is 1. The van der Waals surface area contributed by atoms with Crippen molar-refractivity contribution >= 4 is 11.9 Å². The summed E-state index contributed by atoms with van der Waals surface area (Å²) in [5, 5.41) is 9.52. The van der Waals surface area contributed by atoms with E-state index >= 15 is 0 Å². The highest BCUT2D eigenvalue weighted by atomic mass is 16.5. The van der Waals surface area contributed by atoms with E-state index in [1.807, 2.05) is 6.08 Å². The Balaban J connectivity index is 4.02. The lowest BCUT2D eigenvalue weighted by Crippen LogP contribution is -2.29. The average molecular weight is 708 g/mol. The number of rotatable bonds is 40. The molecule has 0 spiro atoms. The van der Waals surface area contributed by atoms with Gasteiger partial charge in [-0.1, -0.05) is 155 Å². The quantitative estimate of drug-likeness (QED) is 0.0388. The van der Waals surface area contributed by atoms with Gasteiger partial charge in [-0.05, 0) is 77.3 Å². The Bertz CT molecular complexity index is 737. The zero-order chi connectivity index (χ0) is 36.6. The molecule has 0 aliphatic heterocycles. The maximum atomic E-state index is 12.6. The highest BCUT2D eigenvalue weighted by Gasteiger charge is 2.07. The third-order valence-electron chi connectivity index (χ3n) is 9.92. The highest BCUT2D eigenvalue weighted by Crippen LogP contribution is 2.19.